The van der Waals surface area contributed by atoms with Crippen molar-refractivity contribution in [1.29, 1.82) is 0 Å². The smallest absolute Gasteiger partial charge is 0.193 e. The minimum Gasteiger partial charge on any atom is -0.364 e. The van der Waals surface area contributed by atoms with Crippen LogP contribution < -0.4 is 5.32 Å². The molecular weight excluding hydrogens is 302 g/mol. The maximum atomic E-state index is 4.91. The summed E-state index contributed by atoms with van der Waals surface area (Å²) in [7, 11) is 1.88. The van der Waals surface area contributed by atoms with Gasteiger partial charge in [-0.2, -0.15) is 0 Å². The van der Waals surface area contributed by atoms with Crippen LogP contribution in [0.5, 0.6) is 0 Å². The van der Waals surface area contributed by atoms with E-state index in [2.05, 4.69) is 31.3 Å². The molecule has 6 heteroatoms. The third kappa shape index (κ3) is 4.84. The number of hydrogen-bond donors (Lipinski definition) is 1. The van der Waals surface area contributed by atoms with Gasteiger partial charge in [0.25, 0.3) is 0 Å². The molecule has 0 unspecified atom stereocenters. The molecule has 1 fully saturated rings. The van der Waals surface area contributed by atoms with Gasteiger partial charge in [-0.05, 0) is 32.1 Å². The van der Waals surface area contributed by atoms with Gasteiger partial charge < -0.3 is 14.7 Å². The highest BCUT2D eigenvalue weighted by Crippen LogP contribution is 2.19. The van der Waals surface area contributed by atoms with E-state index in [0.717, 1.165) is 57.3 Å². The molecule has 0 saturated carbocycles. The van der Waals surface area contributed by atoms with Gasteiger partial charge in [-0.1, -0.05) is 16.8 Å². The lowest BCUT2D eigenvalue weighted by atomic mass is 9.97. The Morgan fingerprint density at radius 2 is 2.17 bits per heavy atom. The quantitative estimate of drug-likeness (QED) is 0.509. The van der Waals surface area contributed by atoms with Crippen molar-refractivity contribution in [3.63, 3.8) is 0 Å². The number of nitrogens with zero attached hydrogens (tertiary/aromatic N) is 4. The average Bonchev–Trinajstić information content (AvgIpc) is 3.14. The largest absolute Gasteiger partial charge is 0.364 e. The standard InChI is InChI=1S/C18H29N5O/c1-19-18(20-9-7-16-5-3-2-4-6-16)23-12-10-22(11-13-23)15-17-8-14-24-21-17/h5,8,14H,2-4,6-7,9-13,15H2,1H3,(H,19,20). The van der Waals surface area contributed by atoms with E-state index in [1.165, 1.54) is 25.7 Å². The number of aromatic nitrogens is 1. The molecular formula is C18H29N5O. The summed E-state index contributed by atoms with van der Waals surface area (Å²) in [6, 6.07) is 1.94. The molecule has 3 rings (SSSR count). The summed E-state index contributed by atoms with van der Waals surface area (Å²) in [5.41, 5.74) is 2.62. The maximum absolute atomic E-state index is 4.91. The monoisotopic (exact) mass is 331 g/mol. The molecule has 1 aromatic rings. The highest BCUT2D eigenvalue weighted by Gasteiger charge is 2.20. The Bertz CT molecular complexity index is 544. The molecule has 0 spiro atoms. The fourth-order valence-corrected chi connectivity index (χ4v) is 3.46. The Hall–Kier alpha value is -1.82. The van der Waals surface area contributed by atoms with Crippen LogP contribution in [0.2, 0.25) is 0 Å². The van der Waals surface area contributed by atoms with Crippen LogP contribution in [-0.4, -0.2) is 60.7 Å². The van der Waals surface area contributed by atoms with E-state index < -0.39 is 0 Å². The maximum Gasteiger partial charge on any atom is 0.193 e. The van der Waals surface area contributed by atoms with Gasteiger partial charge in [0.05, 0.1) is 5.69 Å². The summed E-state index contributed by atoms with van der Waals surface area (Å²) in [6.07, 6.45) is 10.5. The molecule has 1 aromatic heterocycles. The second-order valence-electron chi connectivity index (χ2n) is 6.59. The molecule has 132 valence electrons. The number of allylic oxidation sites excluding steroid dienone is 1. The summed E-state index contributed by atoms with van der Waals surface area (Å²) in [5, 5.41) is 7.53. The van der Waals surface area contributed by atoms with Gasteiger partial charge in [-0.15, -0.1) is 0 Å². The zero-order valence-corrected chi connectivity index (χ0v) is 14.7. The van der Waals surface area contributed by atoms with Crippen molar-refractivity contribution in [1.82, 2.24) is 20.3 Å². The molecule has 0 amide bonds. The molecule has 1 saturated heterocycles. The van der Waals surface area contributed by atoms with Crippen LogP contribution in [0, 0.1) is 0 Å². The molecule has 0 aromatic carbocycles. The zero-order valence-electron chi connectivity index (χ0n) is 14.7. The SMILES string of the molecule is CN=C(NCCC1=CCCCC1)N1CCN(Cc2ccon2)CC1. The van der Waals surface area contributed by atoms with E-state index in [1.54, 1.807) is 11.8 Å². The summed E-state index contributed by atoms with van der Waals surface area (Å²) < 4.78 is 4.91. The van der Waals surface area contributed by atoms with E-state index in [9.17, 15) is 0 Å². The first-order valence-corrected chi connectivity index (χ1v) is 9.10. The first kappa shape index (κ1) is 17.0. The van der Waals surface area contributed by atoms with Crippen molar-refractivity contribution in [3.05, 3.63) is 29.7 Å². The lowest BCUT2D eigenvalue weighted by Crippen LogP contribution is -2.52. The molecule has 0 bridgehead atoms. The summed E-state index contributed by atoms with van der Waals surface area (Å²) in [5.74, 6) is 1.03. The van der Waals surface area contributed by atoms with Crippen LogP contribution in [0.1, 0.15) is 37.8 Å². The van der Waals surface area contributed by atoms with Crippen LogP contribution in [0.25, 0.3) is 0 Å². The van der Waals surface area contributed by atoms with Gasteiger partial charge in [-0.3, -0.25) is 9.89 Å². The van der Waals surface area contributed by atoms with Crippen molar-refractivity contribution in [2.45, 2.75) is 38.6 Å². The Labute approximate surface area is 144 Å². The second kappa shape index (κ2) is 8.87. The van der Waals surface area contributed by atoms with E-state index in [4.69, 9.17) is 4.52 Å². The lowest BCUT2D eigenvalue weighted by molar-refractivity contribution is 0.169. The molecule has 0 atom stereocenters. The molecule has 1 N–H and O–H groups in total. The summed E-state index contributed by atoms with van der Waals surface area (Å²) in [6.45, 7) is 5.90. The van der Waals surface area contributed by atoms with Gasteiger partial charge in [0.1, 0.15) is 6.26 Å². The van der Waals surface area contributed by atoms with Crippen molar-refractivity contribution in [2.75, 3.05) is 39.8 Å². The van der Waals surface area contributed by atoms with Crippen LogP contribution >= 0.6 is 0 Å². The number of guanidine groups is 1. The Kier molecular flexibility index (Phi) is 6.29. The molecule has 1 aliphatic carbocycles. The van der Waals surface area contributed by atoms with Crippen molar-refractivity contribution in [2.24, 2.45) is 4.99 Å². The van der Waals surface area contributed by atoms with E-state index in [-0.39, 0.29) is 0 Å². The van der Waals surface area contributed by atoms with Gasteiger partial charge in [0.15, 0.2) is 5.96 Å². The Morgan fingerprint density at radius 3 is 2.83 bits per heavy atom. The molecule has 0 radical (unpaired) electrons. The molecule has 24 heavy (non-hydrogen) atoms. The van der Waals surface area contributed by atoms with Gasteiger partial charge in [-0.25, -0.2) is 0 Å². The zero-order chi connectivity index (χ0) is 16.6. The average molecular weight is 331 g/mol. The van der Waals surface area contributed by atoms with Crippen molar-refractivity contribution >= 4 is 5.96 Å². The number of aliphatic imine (C=N–C) groups is 1. The lowest BCUT2D eigenvalue weighted by Gasteiger charge is -2.36. The number of nitrogens with one attached hydrogen (secondary N) is 1. The van der Waals surface area contributed by atoms with Gasteiger partial charge in [0, 0.05) is 52.4 Å². The van der Waals surface area contributed by atoms with E-state index in [0.29, 0.717) is 0 Å². The predicted molar refractivity (Wildman–Crippen MR) is 95.9 cm³/mol. The number of hydrogen-bond acceptors (Lipinski definition) is 4. The third-order valence-corrected chi connectivity index (χ3v) is 4.87. The summed E-state index contributed by atoms with van der Waals surface area (Å²) in [4.78, 5) is 9.23. The molecule has 6 nitrogen and oxygen atoms in total. The minimum absolute atomic E-state index is 0.866. The highest BCUT2D eigenvalue weighted by molar-refractivity contribution is 5.80. The normalized spacial score (nSPS) is 20.1. The van der Waals surface area contributed by atoms with Crippen LogP contribution in [0.4, 0.5) is 0 Å². The minimum atomic E-state index is 0.866. The molecule has 2 heterocycles. The first-order valence-electron chi connectivity index (χ1n) is 9.10. The van der Waals surface area contributed by atoms with Gasteiger partial charge >= 0.3 is 0 Å². The second-order valence-corrected chi connectivity index (χ2v) is 6.59. The molecule has 1 aliphatic heterocycles. The predicted octanol–water partition coefficient (Wildman–Crippen LogP) is 2.26. The summed E-state index contributed by atoms with van der Waals surface area (Å²) >= 11 is 0. The van der Waals surface area contributed by atoms with E-state index in [1.807, 2.05) is 13.1 Å². The third-order valence-electron chi connectivity index (χ3n) is 4.87. The number of piperazine rings is 1. The Balaban J connectivity index is 1.39. The first-order chi connectivity index (χ1) is 11.8. The van der Waals surface area contributed by atoms with Gasteiger partial charge in [0.2, 0.25) is 0 Å². The molecule has 2 aliphatic rings. The van der Waals surface area contributed by atoms with Crippen LogP contribution in [-0.2, 0) is 6.54 Å². The van der Waals surface area contributed by atoms with Crippen LogP contribution in [0.3, 0.4) is 0 Å². The van der Waals surface area contributed by atoms with E-state index >= 15 is 0 Å². The Morgan fingerprint density at radius 1 is 1.29 bits per heavy atom. The fraction of sp³-hybridized carbons (Fsp3) is 0.667. The van der Waals surface area contributed by atoms with Crippen molar-refractivity contribution < 1.29 is 4.52 Å². The van der Waals surface area contributed by atoms with Crippen LogP contribution in [0.15, 0.2) is 33.5 Å². The fourth-order valence-electron chi connectivity index (χ4n) is 3.46. The van der Waals surface area contributed by atoms with Crippen molar-refractivity contribution in [3.8, 4) is 0 Å². The topological polar surface area (TPSA) is 56.9 Å². The highest BCUT2D eigenvalue weighted by atomic mass is 16.5. The number of rotatable bonds is 5.